The molecular formula is C18H22N2O3S. The second kappa shape index (κ2) is 6.93. The summed E-state index contributed by atoms with van der Waals surface area (Å²) >= 11 is 0. The molecule has 0 radical (unpaired) electrons. The summed E-state index contributed by atoms with van der Waals surface area (Å²) in [6, 6.07) is 13.0. The van der Waals surface area contributed by atoms with Gasteiger partial charge in [-0.25, -0.2) is 13.1 Å². The highest BCUT2D eigenvalue weighted by molar-refractivity contribution is 7.89. The van der Waals surface area contributed by atoms with Crippen LogP contribution in [0.25, 0.3) is 0 Å². The summed E-state index contributed by atoms with van der Waals surface area (Å²) < 4.78 is 27.6. The molecule has 0 unspecified atom stereocenters. The Balaban J connectivity index is 1.74. The second-order valence-corrected chi connectivity index (χ2v) is 7.83. The number of aliphatic hydroxyl groups is 1. The van der Waals surface area contributed by atoms with Gasteiger partial charge in [0.15, 0.2) is 0 Å². The van der Waals surface area contributed by atoms with E-state index in [0.29, 0.717) is 11.4 Å². The van der Waals surface area contributed by atoms with E-state index in [0.717, 1.165) is 35.2 Å². The van der Waals surface area contributed by atoms with Crippen molar-refractivity contribution in [3.63, 3.8) is 0 Å². The third kappa shape index (κ3) is 3.95. The molecule has 2 aromatic carbocycles. The Kier molecular flexibility index (Phi) is 4.89. The normalized spacial score (nSPS) is 14.6. The van der Waals surface area contributed by atoms with E-state index in [1.54, 1.807) is 12.1 Å². The van der Waals surface area contributed by atoms with E-state index < -0.39 is 10.0 Å². The molecule has 0 heterocycles. The Morgan fingerprint density at radius 2 is 1.75 bits per heavy atom. The molecule has 0 saturated heterocycles. The van der Waals surface area contributed by atoms with E-state index in [1.807, 2.05) is 37.3 Å². The topological polar surface area (TPSA) is 78.4 Å². The first-order valence-corrected chi connectivity index (χ1v) is 9.52. The van der Waals surface area contributed by atoms with Crippen LogP contribution in [0.2, 0.25) is 0 Å². The molecule has 3 N–H and O–H groups in total. The molecule has 1 aliphatic rings. The van der Waals surface area contributed by atoms with Gasteiger partial charge in [-0.3, -0.25) is 0 Å². The first-order chi connectivity index (χ1) is 11.5. The zero-order valence-corrected chi connectivity index (χ0v) is 14.4. The third-order valence-corrected chi connectivity index (χ3v) is 5.83. The lowest BCUT2D eigenvalue weighted by Crippen LogP contribution is -2.26. The lowest BCUT2D eigenvalue weighted by Gasteiger charge is -2.14. The van der Waals surface area contributed by atoms with E-state index in [4.69, 9.17) is 5.11 Å². The van der Waals surface area contributed by atoms with Crippen molar-refractivity contribution in [2.24, 2.45) is 0 Å². The second-order valence-electron chi connectivity index (χ2n) is 6.15. The number of hydrogen-bond donors (Lipinski definition) is 3. The molecule has 1 fully saturated rings. The predicted octanol–water partition coefficient (Wildman–Crippen LogP) is 2.54. The largest absolute Gasteiger partial charge is 0.392 e. The van der Waals surface area contributed by atoms with Crippen LogP contribution in [-0.2, 0) is 23.2 Å². The summed E-state index contributed by atoms with van der Waals surface area (Å²) in [7, 11) is -3.46. The van der Waals surface area contributed by atoms with E-state index in [1.165, 1.54) is 0 Å². The smallest absolute Gasteiger partial charge is 0.241 e. The van der Waals surface area contributed by atoms with Gasteiger partial charge in [-0.1, -0.05) is 30.3 Å². The Hall–Kier alpha value is -1.89. The summed E-state index contributed by atoms with van der Waals surface area (Å²) in [5, 5.41) is 12.4. The van der Waals surface area contributed by atoms with Gasteiger partial charge in [0.25, 0.3) is 0 Å². The van der Waals surface area contributed by atoms with Gasteiger partial charge in [0.05, 0.1) is 11.5 Å². The monoisotopic (exact) mass is 346 g/mol. The van der Waals surface area contributed by atoms with Crippen molar-refractivity contribution < 1.29 is 13.5 Å². The predicted molar refractivity (Wildman–Crippen MR) is 94.2 cm³/mol. The molecule has 1 saturated carbocycles. The van der Waals surface area contributed by atoms with Crippen molar-refractivity contribution in [2.75, 3.05) is 5.32 Å². The van der Waals surface area contributed by atoms with Crippen molar-refractivity contribution in [2.45, 2.75) is 43.9 Å². The van der Waals surface area contributed by atoms with Gasteiger partial charge < -0.3 is 10.4 Å². The summed E-state index contributed by atoms with van der Waals surface area (Å²) in [5.74, 6) is 0. The molecule has 6 heteroatoms. The SMILES string of the molecule is Cc1c(NCc2ccc(CO)cc2)cccc1S(=O)(=O)NC1CC1. The molecule has 3 rings (SSSR count). The first-order valence-electron chi connectivity index (χ1n) is 8.04. The number of aliphatic hydroxyl groups excluding tert-OH is 1. The maximum atomic E-state index is 12.4. The van der Waals surface area contributed by atoms with Crippen LogP contribution < -0.4 is 10.0 Å². The molecule has 1 aliphatic carbocycles. The van der Waals surface area contributed by atoms with Crippen molar-refractivity contribution in [1.29, 1.82) is 0 Å². The van der Waals surface area contributed by atoms with Gasteiger partial charge in [0.2, 0.25) is 10.0 Å². The van der Waals surface area contributed by atoms with E-state index in [2.05, 4.69) is 10.0 Å². The van der Waals surface area contributed by atoms with Crippen LogP contribution in [0.15, 0.2) is 47.4 Å². The highest BCUT2D eigenvalue weighted by atomic mass is 32.2. The summed E-state index contributed by atoms with van der Waals surface area (Å²) in [5.41, 5.74) is 3.46. The minimum atomic E-state index is -3.46. The number of nitrogens with one attached hydrogen (secondary N) is 2. The van der Waals surface area contributed by atoms with Gasteiger partial charge in [-0.2, -0.15) is 0 Å². The molecule has 24 heavy (non-hydrogen) atoms. The quantitative estimate of drug-likeness (QED) is 0.720. The zero-order chi connectivity index (χ0) is 17.2. The first kappa shape index (κ1) is 17.0. The van der Waals surface area contributed by atoms with Crippen molar-refractivity contribution >= 4 is 15.7 Å². The molecule has 0 aliphatic heterocycles. The average molecular weight is 346 g/mol. The minimum absolute atomic E-state index is 0.0285. The van der Waals surface area contributed by atoms with Crippen molar-refractivity contribution in [1.82, 2.24) is 4.72 Å². The summed E-state index contributed by atoms with van der Waals surface area (Å²) in [6.45, 7) is 2.44. The number of anilines is 1. The van der Waals surface area contributed by atoms with Gasteiger partial charge in [-0.05, 0) is 48.6 Å². The van der Waals surface area contributed by atoms with Crippen LogP contribution >= 0.6 is 0 Å². The van der Waals surface area contributed by atoms with E-state index >= 15 is 0 Å². The molecule has 5 nitrogen and oxygen atoms in total. The van der Waals surface area contributed by atoms with Crippen LogP contribution in [0, 0.1) is 6.92 Å². The van der Waals surface area contributed by atoms with Crippen LogP contribution in [0.3, 0.4) is 0 Å². The summed E-state index contributed by atoms with van der Waals surface area (Å²) in [6.07, 6.45) is 1.83. The highest BCUT2D eigenvalue weighted by Crippen LogP contribution is 2.27. The Morgan fingerprint density at radius 3 is 2.38 bits per heavy atom. The van der Waals surface area contributed by atoms with Crippen molar-refractivity contribution in [3.8, 4) is 0 Å². The van der Waals surface area contributed by atoms with Gasteiger partial charge >= 0.3 is 0 Å². The fraction of sp³-hybridized carbons (Fsp3) is 0.333. The van der Waals surface area contributed by atoms with Gasteiger partial charge in [0.1, 0.15) is 0 Å². The number of hydrogen-bond acceptors (Lipinski definition) is 4. The lowest BCUT2D eigenvalue weighted by molar-refractivity contribution is 0.282. The Morgan fingerprint density at radius 1 is 1.08 bits per heavy atom. The average Bonchev–Trinajstić information content (AvgIpc) is 3.37. The molecule has 2 aromatic rings. The standard InChI is InChI=1S/C18H22N2O3S/c1-13-17(19-11-14-5-7-15(12-21)8-6-14)3-2-4-18(13)24(22,23)20-16-9-10-16/h2-8,16,19-21H,9-12H2,1H3. The molecule has 0 amide bonds. The molecular weight excluding hydrogens is 324 g/mol. The van der Waals surface area contributed by atoms with Crippen molar-refractivity contribution in [3.05, 3.63) is 59.2 Å². The Bertz CT molecular complexity index is 813. The van der Waals surface area contributed by atoms with Gasteiger partial charge in [0, 0.05) is 18.3 Å². The van der Waals surface area contributed by atoms with Crippen LogP contribution in [-0.4, -0.2) is 19.6 Å². The minimum Gasteiger partial charge on any atom is -0.392 e. The maximum absolute atomic E-state index is 12.4. The van der Waals surface area contributed by atoms with E-state index in [-0.39, 0.29) is 12.6 Å². The molecule has 0 aromatic heterocycles. The maximum Gasteiger partial charge on any atom is 0.241 e. The fourth-order valence-electron chi connectivity index (χ4n) is 2.54. The van der Waals surface area contributed by atoms with E-state index in [9.17, 15) is 8.42 Å². The number of sulfonamides is 1. The summed E-state index contributed by atoms with van der Waals surface area (Å²) in [4.78, 5) is 0.329. The van der Waals surface area contributed by atoms with Crippen LogP contribution in [0.4, 0.5) is 5.69 Å². The zero-order valence-electron chi connectivity index (χ0n) is 13.6. The number of rotatable bonds is 7. The van der Waals surface area contributed by atoms with Gasteiger partial charge in [-0.15, -0.1) is 0 Å². The van der Waals surface area contributed by atoms with Crippen LogP contribution in [0.1, 0.15) is 29.5 Å². The third-order valence-electron chi connectivity index (χ3n) is 4.16. The molecule has 128 valence electrons. The van der Waals surface area contributed by atoms with Crippen LogP contribution in [0.5, 0.6) is 0 Å². The highest BCUT2D eigenvalue weighted by Gasteiger charge is 2.29. The number of benzene rings is 2. The fourth-order valence-corrected chi connectivity index (χ4v) is 4.11. The molecule has 0 atom stereocenters. The molecule has 0 spiro atoms. The Labute approximate surface area is 142 Å². The molecule has 0 bridgehead atoms. The lowest BCUT2D eigenvalue weighted by atomic mass is 10.1.